The van der Waals surface area contributed by atoms with Crippen molar-refractivity contribution >= 4 is 16.9 Å². The van der Waals surface area contributed by atoms with E-state index in [2.05, 4.69) is 4.98 Å². The maximum absolute atomic E-state index is 11.5. The maximum Gasteiger partial charge on any atom is 0.335 e. The van der Waals surface area contributed by atoms with Crippen molar-refractivity contribution < 1.29 is 20.1 Å². The summed E-state index contributed by atoms with van der Waals surface area (Å²) in [6.07, 6.45) is -3.67. The standard InChI is InChI=1S/C11H10N2O6/c14-7(8(15)10(17)18)4-1-2-6-5(3-4)9(16)13-11(19)12-6/h1-3,7-8,14-15H,(H,17,18)(H2,12,13,16,19). The molecule has 2 rings (SSSR count). The molecule has 0 fully saturated rings. The van der Waals surface area contributed by atoms with Crippen LogP contribution in [0, 0.1) is 0 Å². The highest BCUT2D eigenvalue weighted by molar-refractivity contribution is 5.79. The van der Waals surface area contributed by atoms with Gasteiger partial charge >= 0.3 is 11.7 Å². The number of benzene rings is 1. The quantitative estimate of drug-likeness (QED) is 0.467. The lowest BCUT2D eigenvalue weighted by molar-refractivity contribution is -0.153. The molecule has 0 radical (unpaired) electrons. The molecular weight excluding hydrogens is 256 g/mol. The summed E-state index contributed by atoms with van der Waals surface area (Å²) in [4.78, 5) is 37.5. The van der Waals surface area contributed by atoms with Gasteiger partial charge in [0.05, 0.1) is 10.9 Å². The van der Waals surface area contributed by atoms with Crippen LogP contribution in [0.5, 0.6) is 0 Å². The highest BCUT2D eigenvalue weighted by Gasteiger charge is 2.25. The average molecular weight is 266 g/mol. The Bertz CT molecular complexity index is 747. The number of rotatable bonds is 3. The van der Waals surface area contributed by atoms with Crippen molar-refractivity contribution in [3.05, 3.63) is 44.6 Å². The predicted octanol–water partition coefficient (Wildman–Crippen LogP) is -1.30. The molecule has 0 amide bonds. The number of carboxylic acids is 1. The number of hydrogen-bond acceptors (Lipinski definition) is 5. The van der Waals surface area contributed by atoms with E-state index in [1.807, 2.05) is 4.98 Å². The van der Waals surface area contributed by atoms with Crippen LogP contribution in [0.2, 0.25) is 0 Å². The first-order chi connectivity index (χ1) is 8.90. The lowest BCUT2D eigenvalue weighted by atomic mass is 10.0. The second-order valence-electron chi connectivity index (χ2n) is 3.94. The third-order valence-electron chi connectivity index (χ3n) is 2.66. The van der Waals surface area contributed by atoms with Crippen molar-refractivity contribution in [3.63, 3.8) is 0 Å². The lowest BCUT2D eigenvalue weighted by Crippen LogP contribution is -2.28. The Morgan fingerprint density at radius 3 is 2.47 bits per heavy atom. The van der Waals surface area contributed by atoms with Gasteiger partial charge in [-0.1, -0.05) is 6.07 Å². The molecule has 19 heavy (non-hydrogen) atoms. The first-order valence-corrected chi connectivity index (χ1v) is 5.25. The van der Waals surface area contributed by atoms with E-state index in [4.69, 9.17) is 5.11 Å². The number of fused-ring (bicyclic) bond motifs is 1. The van der Waals surface area contributed by atoms with Crippen molar-refractivity contribution in [2.45, 2.75) is 12.2 Å². The number of carbonyl (C=O) groups is 1. The van der Waals surface area contributed by atoms with Crippen LogP contribution in [0.25, 0.3) is 10.9 Å². The van der Waals surface area contributed by atoms with E-state index >= 15 is 0 Å². The van der Waals surface area contributed by atoms with E-state index in [1.165, 1.54) is 18.2 Å². The van der Waals surface area contributed by atoms with E-state index in [9.17, 15) is 24.6 Å². The molecule has 1 aromatic heterocycles. The van der Waals surface area contributed by atoms with E-state index < -0.39 is 29.4 Å². The SMILES string of the molecule is O=C(O)C(O)C(O)c1ccc2[nH]c(=O)[nH]c(=O)c2c1. The van der Waals surface area contributed by atoms with Crippen molar-refractivity contribution in [3.8, 4) is 0 Å². The minimum Gasteiger partial charge on any atom is -0.479 e. The van der Waals surface area contributed by atoms with Gasteiger partial charge in [0.2, 0.25) is 0 Å². The van der Waals surface area contributed by atoms with Crippen LogP contribution in [0.1, 0.15) is 11.7 Å². The third kappa shape index (κ3) is 2.39. The number of aromatic amines is 2. The summed E-state index contributed by atoms with van der Waals surface area (Å²) in [5, 5.41) is 27.6. The number of aliphatic carboxylic acids is 1. The van der Waals surface area contributed by atoms with E-state index in [0.29, 0.717) is 0 Å². The molecule has 0 saturated carbocycles. The second kappa shape index (κ2) is 4.67. The van der Waals surface area contributed by atoms with Gasteiger partial charge < -0.3 is 20.3 Å². The number of aromatic nitrogens is 2. The molecular formula is C11H10N2O6. The fraction of sp³-hybridized carbons (Fsp3) is 0.182. The molecule has 0 aliphatic rings. The molecule has 0 aliphatic carbocycles. The molecule has 0 saturated heterocycles. The average Bonchev–Trinajstić information content (AvgIpc) is 2.36. The highest BCUT2D eigenvalue weighted by Crippen LogP contribution is 2.19. The Labute approximate surface area is 105 Å². The Balaban J connectivity index is 2.56. The van der Waals surface area contributed by atoms with Gasteiger partial charge in [-0.15, -0.1) is 0 Å². The second-order valence-corrected chi connectivity index (χ2v) is 3.94. The maximum atomic E-state index is 11.5. The Morgan fingerprint density at radius 1 is 1.16 bits per heavy atom. The van der Waals surface area contributed by atoms with Crippen molar-refractivity contribution in [2.75, 3.05) is 0 Å². The largest absolute Gasteiger partial charge is 0.479 e. The Morgan fingerprint density at radius 2 is 1.84 bits per heavy atom. The van der Waals surface area contributed by atoms with Crippen molar-refractivity contribution in [1.29, 1.82) is 0 Å². The summed E-state index contributed by atoms with van der Waals surface area (Å²) < 4.78 is 0. The van der Waals surface area contributed by atoms with E-state index in [0.717, 1.165) is 0 Å². The van der Waals surface area contributed by atoms with E-state index in [-0.39, 0.29) is 16.5 Å². The molecule has 0 bridgehead atoms. The summed E-state index contributed by atoms with van der Waals surface area (Å²) in [6.45, 7) is 0. The van der Waals surface area contributed by atoms with Gasteiger partial charge in [0.1, 0.15) is 6.10 Å². The van der Waals surface area contributed by atoms with Crippen LogP contribution in [0.3, 0.4) is 0 Å². The van der Waals surface area contributed by atoms with Gasteiger partial charge in [-0.2, -0.15) is 0 Å². The van der Waals surface area contributed by atoms with E-state index in [1.54, 1.807) is 0 Å². The van der Waals surface area contributed by atoms with Crippen LogP contribution in [-0.4, -0.2) is 37.4 Å². The van der Waals surface area contributed by atoms with Gasteiger partial charge in [0, 0.05) is 0 Å². The van der Waals surface area contributed by atoms with Crippen LogP contribution < -0.4 is 11.2 Å². The summed E-state index contributed by atoms with van der Waals surface area (Å²) in [7, 11) is 0. The van der Waals surface area contributed by atoms with Crippen molar-refractivity contribution in [2.24, 2.45) is 0 Å². The van der Waals surface area contributed by atoms with Gasteiger partial charge in [0.15, 0.2) is 6.10 Å². The number of carboxylic acid groups (broad SMARTS) is 1. The van der Waals surface area contributed by atoms with Gasteiger partial charge in [-0.25, -0.2) is 9.59 Å². The molecule has 100 valence electrons. The number of hydrogen-bond donors (Lipinski definition) is 5. The summed E-state index contributed by atoms with van der Waals surface area (Å²) in [6, 6.07) is 3.87. The Kier molecular flexibility index (Phi) is 3.19. The first kappa shape index (κ1) is 13.0. The molecule has 2 unspecified atom stereocenters. The fourth-order valence-electron chi connectivity index (χ4n) is 1.68. The van der Waals surface area contributed by atoms with Crippen LogP contribution in [0.4, 0.5) is 0 Å². The van der Waals surface area contributed by atoms with Crippen LogP contribution in [-0.2, 0) is 4.79 Å². The number of aliphatic hydroxyl groups excluding tert-OH is 2. The van der Waals surface area contributed by atoms with Gasteiger partial charge in [0.25, 0.3) is 5.56 Å². The normalized spacial score (nSPS) is 14.2. The molecule has 0 spiro atoms. The van der Waals surface area contributed by atoms with Gasteiger partial charge in [-0.3, -0.25) is 9.78 Å². The van der Waals surface area contributed by atoms with Crippen LogP contribution >= 0.6 is 0 Å². The topological polar surface area (TPSA) is 143 Å². The monoisotopic (exact) mass is 266 g/mol. The zero-order chi connectivity index (χ0) is 14.2. The fourth-order valence-corrected chi connectivity index (χ4v) is 1.68. The summed E-state index contributed by atoms with van der Waals surface area (Å²) in [5.74, 6) is -1.58. The van der Waals surface area contributed by atoms with Gasteiger partial charge in [-0.05, 0) is 17.7 Å². The predicted molar refractivity (Wildman–Crippen MR) is 63.8 cm³/mol. The summed E-state index contributed by atoms with van der Waals surface area (Å²) >= 11 is 0. The Hall–Kier alpha value is -2.45. The van der Waals surface area contributed by atoms with Crippen LogP contribution in [0.15, 0.2) is 27.8 Å². The summed E-state index contributed by atoms with van der Waals surface area (Å²) in [5.41, 5.74) is -1.04. The number of aliphatic hydroxyl groups is 2. The molecule has 0 aliphatic heterocycles. The molecule has 1 aromatic carbocycles. The van der Waals surface area contributed by atoms with Crippen molar-refractivity contribution in [1.82, 2.24) is 9.97 Å². The lowest BCUT2D eigenvalue weighted by Gasteiger charge is -2.14. The number of nitrogens with one attached hydrogen (secondary N) is 2. The minimum absolute atomic E-state index is 0.0555. The highest BCUT2D eigenvalue weighted by atomic mass is 16.4. The first-order valence-electron chi connectivity index (χ1n) is 5.25. The smallest absolute Gasteiger partial charge is 0.335 e. The zero-order valence-corrected chi connectivity index (χ0v) is 9.45. The number of H-pyrrole nitrogens is 2. The molecule has 5 N–H and O–H groups in total. The molecule has 2 atom stereocenters. The molecule has 8 nitrogen and oxygen atoms in total. The molecule has 1 heterocycles. The molecule has 2 aromatic rings. The zero-order valence-electron chi connectivity index (χ0n) is 9.45. The minimum atomic E-state index is -2.00. The third-order valence-corrected chi connectivity index (χ3v) is 2.66. The molecule has 8 heteroatoms.